The molecule has 3 heteroatoms. The lowest BCUT2D eigenvalue weighted by Gasteiger charge is -2.20. The molecule has 2 aliphatic carbocycles. The highest BCUT2D eigenvalue weighted by atomic mass is 16.4. The summed E-state index contributed by atoms with van der Waals surface area (Å²) in [7, 11) is 0. The summed E-state index contributed by atoms with van der Waals surface area (Å²) < 4.78 is 2.05. The predicted molar refractivity (Wildman–Crippen MR) is 81.7 cm³/mol. The first-order valence-corrected chi connectivity index (χ1v) is 7.81. The highest BCUT2D eigenvalue weighted by Gasteiger charge is 2.30. The molecule has 1 fully saturated rings. The number of benzene rings is 1. The Labute approximate surface area is 124 Å². The predicted octanol–water partition coefficient (Wildman–Crippen LogP) is 4.07. The van der Waals surface area contributed by atoms with Crippen molar-refractivity contribution in [3.05, 3.63) is 47.2 Å². The smallest absolute Gasteiger partial charge is 0.352 e. The summed E-state index contributed by atoms with van der Waals surface area (Å²) >= 11 is 0. The van der Waals surface area contributed by atoms with Gasteiger partial charge in [-0.1, -0.05) is 18.2 Å². The van der Waals surface area contributed by atoms with Gasteiger partial charge in [0.2, 0.25) is 0 Å². The molecule has 21 heavy (non-hydrogen) atoms. The standard InChI is InChI=1S/C18H19NO2/c20-18(21)17-11-10-16(19(17)13-8-9-13)15-7-3-5-12-4-1-2-6-14(12)15/h3,5,7,10-11,13H,1-2,4,6,8-9H2,(H,20,21). The molecule has 0 radical (unpaired) electrons. The van der Waals surface area contributed by atoms with Crippen LogP contribution in [0.2, 0.25) is 0 Å². The molecule has 2 aromatic rings. The fraction of sp³-hybridized carbons (Fsp3) is 0.389. The number of nitrogens with zero attached hydrogens (tertiary/aromatic N) is 1. The number of fused-ring (bicyclic) bond motifs is 1. The van der Waals surface area contributed by atoms with Crippen LogP contribution >= 0.6 is 0 Å². The number of carbonyl (C=O) groups is 1. The minimum Gasteiger partial charge on any atom is -0.477 e. The van der Waals surface area contributed by atoms with Gasteiger partial charge in [-0.05, 0) is 61.8 Å². The van der Waals surface area contributed by atoms with E-state index in [1.54, 1.807) is 6.07 Å². The SMILES string of the molecule is O=C(O)c1ccc(-c2cccc3c2CCCC3)n1C1CC1. The fourth-order valence-electron chi connectivity index (χ4n) is 3.59. The second kappa shape index (κ2) is 4.76. The number of aromatic nitrogens is 1. The summed E-state index contributed by atoms with van der Waals surface area (Å²) in [5.41, 5.74) is 5.64. The maximum Gasteiger partial charge on any atom is 0.352 e. The van der Waals surface area contributed by atoms with Gasteiger partial charge in [-0.2, -0.15) is 0 Å². The molecular formula is C18H19NO2. The van der Waals surface area contributed by atoms with E-state index in [0.717, 1.165) is 31.4 Å². The van der Waals surface area contributed by atoms with E-state index in [2.05, 4.69) is 18.2 Å². The maximum absolute atomic E-state index is 11.5. The quantitative estimate of drug-likeness (QED) is 0.921. The Morgan fingerprint density at radius 1 is 1.10 bits per heavy atom. The third kappa shape index (κ3) is 2.08. The number of hydrogen-bond donors (Lipinski definition) is 1. The van der Waals surface area contributed by atoms with E-state index in [-0.39, 0.29) is 0 Å². The van der Waals surface area contributed by atoms with Crippen LogP contribution in [0.15, 0.2) is 30.3 Å². The van der Waals surface area contributed by atoms with Crippen molar-refractivity contribution in [1.82, 2.24) is 4.57 Å². The second-order valence-corrected chi connectivity index (χ2v) is 6.16. The van der Waals surface area contributed by atoms with Crippen LogP contribution in [-0.2, 0) is 12.8 Å². The molecule has 0 amide bonds. The van der Waals surface area contributed by atoms with Crippen molar-refractivity contribution in [3.8, 4) is 11.3 Å². The number of aryl methyl sites for hydroxylation is 1. The van der Waals surface area contributed by atoms with Crippen molar-refractivity contribution >= 4 is 5.97 Å². The van der Waals surface area contributed by atoms with E-state index in [0.29, 0.717) is 11.7 Å². The summed E-state index contributed by atoms with van der Waals surface area (Å²) in [6.07, 6.45) is 6.96. The van der Waals surface area contributed by atoms with Crippen molar-refractivity contribution in [1.29, 1.82) is 0 Å². The van der Waals surface area contributed by atoms with Gasteiger partial charge in [0, 0.05) is 17.3 Å². The number of carboxylic acids is 1. The molecule has 108 valence electrons. The van der Waals surface area contributed by atoms with Crippen LogP contribution in [0.3, 0.4) is 0 Å². The summed E-state index contributed by atoms with van der Waals surface area (Å²) in [5.74, 6) is -0.821. The molecule has 1 saturated carbocycles. The van der Waals surface area contributed by atoms with Gasteiger partial charge in [-0.3, -0.25) is 0 Å². The van der Waals surface area contributed by atoms with E-state index in [4.69, 9.17) is 0 Å². The third-order valence-electron chi connectivity index (χ3n) is 4.72. The molecular weight excluding hydrogens is 262 g/mol. The summed E-state index contributed by atoms with van der Waals surface area (Å²) in [5, 5.41) is 9.42. The molecule has 3 nitrogen and oxygen atoms in total. The Balaban J connectivity index is 1.89. The molecule has 1 aromatic carbocycles. The molecule has 1 N–H and O–H groups in total. The topological polar surface area (TPSA) is 42.2 Å². The summed E-state index contributed by atoms with van der Waals surface area (Å²) in [6.45, 7) is 0. The first-order valence-electron chi connectivity index (χ1n) is 7.81. The lowest BCUT2D eigenvalue weighted by Crippen LogP contribution is -2.10. The molecule has 1 heterocycles. The molecule has 2 aliphatic rings. The third-order valence-corrected chi connectivity index (χ3v) is 4.72. The largest absolute Gasteiger partial charge is 0.477 e. The van der Waals surface area contributed by atoms with Crippen LogP contribution in [-0.4, -0.2) is 15.6 Å². The van der Waals surface area contributed by atoms with Crippen LogP contribution in [0.25, 0.3) is 11.3 Å². The first-order chi connectivity index (χ1) is 10.3. The number of hydrogen-bond acceptors (Lipinski definition) is 1. The molecule has 0 spiro atoms. The number of aromatic carboxylic acids is 1. The van der Waals surface area contributed by atoms with Gasteiger partial charge < -0.3 is 9.67 Å². The maximum atomic E-state index is 11.5. The lowest BCUT2D eigenvalue weighted by molar-refractivity contribution is 0.0685. The number of rotatable bonds is 3. The van der Waals surface area contributed by atoms with Gasteiger partial charge in [-0.25, -0.2) is 4.79 Å². The molecule has 0 saturated heterocycles. The van der Waals surface area contributed by atoms with Crippen LogP contribution in [0.1, 0.15) is 53.3 Å². The number of carboxylic acid groups (broad SMARTS) is 1. The molecule has 1 aromatic heterocycles. The summed E-state index contributed by atoms with van der Waals surface area (Å²) in [6, 6.07) is 10.6. The fourth-order valence-corrected chi connectivity index (χ4v) is 3.59. The molecule has 4 rings (SSSR count). The average Bonchev–Trinajstić information content (AvgIpc) is 3.25. The zero-order chi connectivity index (χ0) is 14.4. The van der Waals surface area contributed by atoms with E-state index in [9.17, 15) is 9.90 Å². The van der Waals surface area contributed by atoms with Crippen LogP contribution in [0.5, 0.6) is 0 Å². The molecule has 0 unspecified atom stereocenters. The normalized spacial score (nSPS) is 17.5. The Kier molecular flexibility index (Phi) is 2.88. The van der Waals surface area contributed by atoms with E-state index in [1.165, 1.54) is 29.5 Å². The van der Waals surface area contributed by atoms with Crippen molar-refractivity contribution in [2.24, 2.45) is 0 Å². The minimum absolute atomic E-state index is 0.376. The van der Waals surface area contributed by atoms with Gasteiger partial charge in [0.15, 0.2) is 0 Å². The minimum atomic E-state index is -0.821. The van der Waals surface area contributed by atoms with Gasteiger partial charge in [0.05, 0.1) is 0 Å². The second-order valence-electron chi connectivity index (χ2n) is 6.16. The highest BCUT2D eigenvalue weighted by Crippen LogP contribution is 2.42. The van der Waals surface area contributed by atoms with Crippen molar-refractivity contribution in [2.75, 3.05) is 0 Å². The van der Waals surface area contributed by atoms with E-state index in [1.807, 2.05) is 10.6 Å². The Bertz CT molecular complexity index is 710. The van der Waals surface area contributed by atoms with Crippen LogP contribution < -0.4 is 0 Å². The first kappa shape index (κ1) is 12.7. The van der Waals surface area contributed by atoms with Crippen LogP contribution in [0, 0.1) is 0 Å². The summed E-state index contributed by atoms with van der Waals surface area (Å²) in [4.78, 5) is 11.5. The van der Waals surface area contributed by atoms with E-state index >= 15 is 0 Å². The van der Waals surface area contributed by atoms with Gasteiger partial charge >= 0.3 is 5.97 Å². The van der Waals surface area contributed by atoms with E-state index < -0.39 is 5.97 Å². The molecule has 0 atom stereocenters. The molecule has 0 aliphatic heterocycles. The van der Waals surface area contributed by atoms with Gasteiger partial charge in [0.1, 0.15) is 5.69 Å². The zero-order valence-corrected chi connectivity index (χ0v) is 12.0. The van der Waals surface area contributed by atoms with Gasteiger partial charge in [0.25, 0.3) is 0 Å². The van der Waals surface area contributed by atoms with Crippen LogP contribution in [0.4, 0.5) is 0 Å². The Morgan fingerprint density at radius 3 is 2.67 bits per heavy atom. The monoisotopic (exact) mass is 281 g/mol. The zero-order valence-electron chi connectivity index (χ0n) is 12.0. The lowest BCUT2D eigenvalue weighted by atomic mass is 9.87. The van der Waals surface area contributed by atoms with Crippen molar-refractivity contribution < 1.29 is 9.90 Å². The van der Waals surface area contributed by atoms with Gasteiger partial charge in [-0.15, -0.1) is 0 Å². The van der Waals surface area contributed by atoms with Crippen molar-refractivity contribution in [2.45, 2.75) is 44.6 Å². The Hall–Kier alpha value is -2.03. The Morgan fingerprint density at radius 2 is 1.90 bits per heavy atom. The molecule has 0 bridgehead atoms. The highest BCUT2D eigenvalue weighted by molar-refractivity contribution is 5.88. The van der Waals surface area contributed by atoms with Crippen molar-refractivity contribution in [3.63, 3.8) is 0 Å². The average molecular weight is 281 g/mol.